The lowest BCUT2D eigenvalue weighted by Gasteiger charge is -2.28. The van der Waals surface area contributed by atoms with Gasteiger partial charge in [-0.3, -0.25) is 4.90 Å². The SMILES string of the molecule is COc1ccc2c(c1Cl)CCN([C@H](C)c1ccc3scnc3c1)CC2. The lowest BCUT2D eigenvalue weighted by molar-refractivity contribution is 0.221. The van der Waals surface area contributed by atoms with Crippen molar-refractivity contribution in [2.45, 2.75) is 25.8 Å². The molecule has 1 aromatic heterocycles. The van der Waals surface area contributed by atoms with Crippen molar-refractivity contribution in [2.24, 2.45) is 0 Å². The van der Waals surface area contributed by atoms with Gasteiger partial charge in [-0.05, 0) is 54.7 Å². The van der Waals surface area contributed by atoms with E-state index in [0.29, 0.717) is 6.04 Å². The lowest BCUT2D eigenvalue weighted by atomic mass is 10.0. The number of ether oxygens (including phenoxy) is 1. The number of hydrogen-bond acceptors (Lipinski definition) is 4. The highest BCUT2D eigenvalue weighted by atomic mass is 35.5. The average molecular weight is 373 g/mol. The number of rotatable bonds is 3. The molecule has 0 saturated heterocycles. The van der Waals surface area contributed by atoms with E-state index in [1.165, 1.54) is 21.4 Å². The molecule has 0 amide bonds. The van der Waals surface area contributed by atoms with Gasteiger partial charge in [-0.25, -0.2) is 4.98 Å². The van der Waals surface area contributed by atoms with E-state index in [1.807, 2.05) is 11.6 Å². The summed E-state index contributed by atoms with van der Waals surface area (Å²) in [5.74, 6) is 0.774. The Kier molecular flexibility index (Phi) is 4.67. The molecule has 3 aromatic rings. The van der Waals surface area contributed by atoms with Crippen LogP contribution < -0.4 is 4.74 Å². The molecule has 130 valence electrons. The first kappa shape index (κ1) is 16.8. The summed E-state index contributed by atoms with van der Waals surface area (Å²) in [6, 6.07) is 11.2. The molecule has 0 fully saturated rings. The first-order valence-electron chi connectivity index (χ1n) is 8.59. The summed E-state index contributed by atoms with van der Waals surface area (Å²) in [7, 11) is 1.67. The fraction of sp³-hybridized carbons (Fsp3) is 0.350. The van der Waals surface area contributed by atoms with Gasteiger partial charge in [0.05, 0.1) is 27.9 Å². The average Bonchev–Trinajstić information content (AvgIpc) is 2.99. The van der Waals surface area contributed by atoms with Crippen LogP contribution in [-0.4, -0.2) is 30.1 Å². The second-order valence-corrected chi connectivity index (χ2v) is 7.78. The minimum atomic E-state index is 0.362. The third-order valence-electron chi connectivity index (χ3n) is 5.23. The van der Waals surface area contributed by atoms with Crippen LogP contribution in [0, 0.1) is 0 Å². The van der Waals surface area contributed by atoms with E-state index in [4.69, 9.17) is 16.3 Å². The molecule has 5 heteroatoms. The molecule has 0 aliphatic carbocycles. The predicted molar refractivity (Wildman–Crippen MR) is 105 cm³/mol. The molecular formula is C20H21ClN2OS. The number of benzene rings is 2. The van der Waals surface area contributed by atoms with Gasteiger partial charge < -0.3 is 4.74 Å². The summed E-state index contributed by atoms with van der Waals surface area (Å²) in [6.45, 7) is 4.31. The van der Waals surface area contributed by atoms with E-state index in [-0.39, 0.29) is 0 Å². The molecule has 3 nitrogen and oxygen atoms in total. The molecule has 0 saturated carbocycles. The van der Waals surface area contributed by atoms with Gasteiger partial charge in [0.15, 0.2) is 0 Å². The van der Waals surface area contributed by atoms with Gasteiger partial charge in [-0.2, -0.15) is 0 Å². The Labute approximate surface area is 157 Å². The molecule has 4 rings (SSSR count). The van der Waals surface area contributed by atoms with Crippen molar-refractivity contribution in [3.8, 4) is 5.75 Å². The van der Waals surface area contributed by atoms with Crippen molar-refractivity contribution in [2.75, 3.05) is 20.2 Å². The Balaban J connectivity index is 1.57. The maximum absolute atomic E-state index is 6.55. The van der Waals surface area contributed by atoms with Crippen LogP contribution >= 0.6 is 22.9 Å². The molecule has 2 aromatic carbocycles. The molecule has 25 heavy (non-hydrogen) atoms. The van der Waals surface area contributed by atoms with Crippen molar-refractivity contribution in [3.63, 3.8) is 0 Å². The smallest absolute Gasteiger partial charge is 0.137 e. The lowest BCUT2D eigenvalue weighted by Crippen LogP contribution is -2.29. The second-order valence-electron chi connectivity index (χ2n) is 6.51. The van der Waals surface area contributed by atoms with Crippen molar-refractivity contribution >= 4 is 33.2 Å². The van der Waals surface area contributed by atoms with Gasteiger partial charge in [0.2, 0.25) is 0 Å². The number of thiazole rings is 1. The van der Waals surface area contributed by atoms with Crippen molar-refractivity contribution < 1.29 is 4.74 Å². The van der Waals surface area contributed by atoms with Crippen LogP contribution in [0.25, 0.3) is 10.2 Å². The van der Waals surface area contributed by atoms with Crippen LogP contribution in [0.4, 0.5) is 0 Å². The first-order valence-corrected chi connectivity index (χ1v) is 9.84. The minimum absolute atomic E-state index is 0.362. The Morgan fingerprint density at radius 3 is 2.88 bits per heavy atom. The monoisotopic (exact) mass is 372 g/mol. The van der Waals surface area contributed by atoms with E-state index in [1.54, 1.807) is 18.4 Å². The van der Waals surface area contributed by atoms with Crippen LogP contribution in [0.15, 0.2) is 35.8 Å². The van der Waals surface area contributed by atoms with Crippen LogP contribution in [0.3, 0.4) is 0 Å². The number of fused-ring (bicyclic) bond motifs is 2. The predicted octanol–water partition coefficient (Wildman–Crippen LogP) is 5.12. The van der Waals surface area contributed by atoms with Crippen LogP contribution in [0.5, 0.6) is 5.75 Å². The minimum Gasteiger partial charge on any atom is -0.495 e. The molecule has 0 bridgehead atoms. The molecule has 1 aliphatic heterocycles. The summed E-state index contributed by atoms with van der Waals surface area (Å²) in [6.07, 6.45) is 1.97. The van der Waals surface area contributed by atoms with E-state index in [0.717, 1.165) is 42.2 Å². The van der Waals surface area contributed by atoms with Gasteiger partial charge in [-0.15, -0.1) is 11.3 Å². The summed E-state index contributed by atoms with van der Waals surface area (Å²) in [4.78, 5) is 7.00. The number of aromatic nitrogens is 1. The van der Waals surface area contributed by atoms with Crippen molar-refractivity contribution in [1.82, 2.24) is 9.88 Å². The Morgan fingerprint density at radius 1 is 1.20 bits per heavy atom. The largest absolute Gasteiger partial charge is 0.495 e. The Hall–Kier alpha value is -1.62. The second kappa shape index (κ2) is 6.94. The topological polar surface area (TPSA) is 25.4 Å². The van der Waals surface area contributed by atoms with Crippen molar-refractivity contribution in [3.05, 3.63) is 57.6 Å². The molecular weight excluding hydrogens is 352 g/mol. The first-order chi connectivity index (χ1) is 12.2. The quantitative estimate of drug-likeness (QED) is 0.638. The molecule has 0 unspecified atom stereocenters. The number of methoxy groups -OCH3 is 1. The summed E-state index contributed by atoms with van der Waals surface area (Å²) in [5.41, 5.74) is 6.92. The van der Waals surface area contributed by atoms with Crippen LogP contribution in [0.2, 0.25) is 5.02 Å². The van der Waals surface area contributed by atoms with Gasteiger partial charge in [0.25, 0.3) is 0 Å². The highest BCUT2D eigenvalue weighted by molar-refractivity contribution is 7.16. The van der Waals surface area contributed by atoms with E-state index >= 15 is 0 Å². The molecule has 1 aliphatic rings. The van der Waals surface area contributed by atoms with Gasteiger partial charge in [0.1, 0.15) is 5.75 Å². The number of nitrogens with zero attached hydrogens (tertiary/aromatic N) is 2. The zero-order valence-corrected chi connectivity index (χ0v) is 16.0. The highest BCUT2D eigenvalue weighted by Crippen LogP contribution is 2.34. The molecule has 0 spiro atoms. The third-order valence-corrected chi connectivity index (χ3v) is 6.45. The zero-order chi connectivity index (χ0) is 17.4. The fourth-order valence-corrected chi connectivity index (χ4v) is 4.68. The Bertz CT molecular complexity index is 908. The number of hydrogen-bond donors (Lipinski definition) is 0. The summed E-state index contributed by atoms with van der Waals surface area (Å²) in [5, 5.41) is 0.776. The Morgan fingerprint density at radius 2 is 2.04 bits per heavy atom. The zero-order valence-electron chi connectivity index (χ0n) is 14.5. The van der Waals surface area contributed by atoms with E-state index < -0.39 is 0 Å². The van der Waals surface area contributed by atoms with Crippen molar-refractivity contribution in [1.29, 1.82) is 0 Å². The van der Waals surface area contributed by atoms with Gasteiger partial charge in [0, 0.05) is 19.1 Å². The van der Waals surface area contributed by atoms with Crippen LogP contribution in [-0.2, 0) is 12.8 Å². The summed E-state index contributed by atoms with van der Waals surface area (Å²) < 4.78 is 6.63. The standard InChI is InChI=1S/C20H21ClN2OS/c1-13(15-4-6-19-17(11-15)22-12-25-19)23-9-7-14-3-5-18(24-2)20(21)16(14)8-10-23/h3-6,11-13H,7-10H2,1-2H3/t13-/m1/s1. The normalized spacial score (nSPS) is 16.4. The molecule has 1 atom stereocenters. The fourth-order valence-electron chi connectivity index (χ4n) is 3.67. The maximum atomic E-state index is 6.55. The van der Waals surface area contributed by atoms with Gasteiger partial charge in [-0.1, -0.05) is 23.7 Å². The maximum Gasteiger partial charge on any atom is 0.137 e. The van der Waals surface area contributed by atoms with E-state index in [2.05, 4.69) is 41.1 Å². The molecule has 0 N–H and O–H groups in total. The van der Waals surface area contributed by atoms with E-state index in [9.17, 15) is 0 Å². The number of halogens is 1. The van der Waals surface area contributed by atoms with Crippen LogP contribution in [0.1, 0.15) is 29.7 Å². The highest BCUT2D eigenvalue weighted by Gasteiger charge is 2.22. The van der Waals surface area contributed by atoms with Gasteiger partial charge >= 0.3 is 0 Å². The molecule has 2 heterocycles. The summed E-state index contributed by atoms with van der Waals surface area (Å²) >= 11 is 8.24. The molecule has 0 radical (unpaired) electrons. The third kappa shape index (κ3) is 3.14.